The zero-order chi connectivity index (χ0) is 22.0. The quantitative estimate of drug-likeness (QED) is 0.502. The van der Waals surface area contributed by atoms with Gasteiger partial charge in [0.25, 0.3) is 0 Å². The van der Waals surface area contributed by atoms with Crippen LogP contribution in [0.1, 0.15) is 29.9 Å². The van der Waals surface area contributed by atoms with Crippen molar-refractivity contribution in [3.05, 3.63) is 59.5 Å². The molecule has 9 heteroatoms. The van der Waals surface area contributed by atoms with Gasteiger partial charge < -0.3 is 14.0 Å². The first-order valence-electron chi connectivity index (χ1n) is 9.82. The Morgan fingerprint density at radius 3 is 2.39 bits per heavy atom. The lowest BCUT2D eigenvalue weighted by Crippen LogP contribution is -2.25. The summed E-state index contributed by atoms with van der Waals surface area (Å²) in [7, 11) is 3.24. The minimum Gasteiger partial charge on any atom is -0.497 e. The molecule has 0 saturated heterocycles. The van der Waals surface area contributed by atoms with Crippen molar-refractivity contribution < 1.29 is 27.2 Å². The number of ether oxygens (including phenoxy) is 2. The lowest BCUT2D eigenvalue weighted by atomic mass is 10.1. The highest BCUT2D eigenvalue weighted by Gasteiger charge is 2.32. The molecule has 1 aliphatic carbocycles. The average Bonchev–Trinajstić information content (AvgIpc) is 3.51. The van der Waals surface area contributed by atoms with E-state index in [0.717, 1.165) is 42.0 Å². The smallest absolute Gasteiger partial charge is 0.416 e. The van der Waals surface area contributed by atoms with Gasteiger partial charge >= 0.3 is 6.18 Å². The number of rotatable bonds is 8. The molecule has 3 aromatic rings. The molecule has 164 valence electrons. The first kappa shape index (κ1) is 21.2. The van der Waals surface area contributed by atoms with E-state index in [9.17, 15) is 13.2 Å². The van der Waals surface area contributed by atoms with Gasteiger partial charge in [0.15, 0.2) is 0 Å². The molecule has 0 bridgehead atoms. The molecule has 31 heavy (non-hydrogen) atoms. The number of halogens is 3. The van der Waals surface area contributed by atoms with Crippen molar-refractivity contribution in [1.29, 1.82) is 0 Å². The molecule has 0 radical (unpaired) electrons. The average molecular weight is 433 g/mol. The fourth-order valence-corrected chi connectivity index (χ4v) is 3.40. The third-order valence-corrected chi connectivity index (χ3v) is 5.20. The summed E-state index contributed by atoms with van der Waals surface area (Å²) < 4.78 is 54.5. The van der Waals surface area contributed by atoms with Crippen LogP contribution in [0.15, 0.2) is 47.0 Å². The second-order valence-electron chi connectivity index (χ2n) is 7.40. The molecular formula is C22H22F3N3O3. The van der Waals surface area contributed by atoms with Crippen molar-refractivity contribution in [3.63, 3.8) is 0 Å². The van der Waals surface area contributed by atoms with E-state index in [0.29, 0.717) is 30.6 Å². The Morgan fingerprint density at radius 2 is 1.77 bits per heavy atom. The van der Waals surface area contributed by atoms with E-state index in [4.69, 9.17) is 14.0 Å². The second-order valence-corrected chi connectivity index (χ2v) is 7.40. The Balaban J connectivity index is 1.50. The number of alkyl halides is 3. The lowest BCUT2D eigenvalue weighted by molar-refractivity contribution is -0.137. The molecule has 0 unspecified atom stereocenters. The molecule has 1 saturated carbocycles. The Labute approximate surface area is 177 Å². The maximum absolute atomic E-state index is 12.8. The molecule has 1 fully saturated rings. The number of nitrogens with zero attached hydrogens (tertiary/aromatic N) is 3. The van der Waals surface area contributed by atoms with Crippen LogP contribution in [0.4, 0.5) is 13.2 Å². The van der Waals surface area contributed by atoms with Gasteiger partial charge in [-0.3, -0.25) is 4.90 Å². The van der Waals surface area contributed by atoms with E-state index in [1.165, 1.54) is 12.1 Å². The third kappa shape index (κ3) is 4.99. The normalized spacial score (nSPS) is 14.1. The summed E-state index contributed by atoms with van der Waals surface area (Å²) in [5.41, 5.74) is 0.735. The molecule has 0 amide bonds. The predicted octanol–water partition coefficient (Wildman–Crippen LogP) is 4.94. The Morgan fingerprint density at radius 1 is 1.03 bits per heavy atom. The largest absolute Gasteiger partial charge is 0.497 e. The van der Waals surface area contributed by atoms with Crippen LogP contribution in [0.2, 0.25) is 0 Å². The Hall–Kier alpha value is -3.07. The maximum Gasteiger partial charge on any atom is 0.416 e. The van der Waals surface area contributed by atoms with Gasteiger partial charge in [0.1, 0.15) is 11.5 Å². The fraction of sp³-hybridized carbons (Fsp3) is 0.364. The van der Waals surface area contributed by atoms with Crippen molar-refractivity contribution in [2.75, 3.05) is 14.2 Å². The minimum absolute atomic E-state index is 0.262. The summed E-state index contributed by atoms with van der Waals surface area (Å²) in [5.74, 6) is 2.18. The van der Waals surface area contributed by atoms with Gasteiger partial charge in [-0.15, -0.1) is 0 Å². The van der Waals surface area contributed by atoms with E-state index >= 15 is 0 Å². The van der Waals surface area contributed by atoms with Crippen molar-refractivity contribution in [1.82, 2.24) is 15.0 Å². The summed E-state index contributed by atoms with van der Waals surface area (Å²) in [5, 5.41) is 3.94. The zero-order valence-electron chi connectivity index (χ0n) is 17.1. The monoisotopic (exact) mass is 433 g/mol. The summed E-state index contributed by atoms with van der Waals surface area (Å²) in [6.45, 7) is 1.04. The molecule has 6 nitrogen and oxygen atoms in total. The van der Waals surface area contributed by atoms with Crippen molar-refractivity contribution in [2.45, 2.75) is 38.1 Å². The number of hydrogen-bond donors (Lipinski definition) is 0. The van der Waals surface area contributed by atoms with E-state index in [1.54, 1.807) is 14.2 Å². The highest BCUT2D eigenvalue weighted by atomic mass is 19.4. The van der Waals surface area contributed by atoms with Crippen LogP contribution in [-0.4, -0.2) is 35.3 Å². The van der Waals surface area contributed by atoms with Crippen LogP contribution in [0, 0.1) is 0 Å². The van der Waals surface area contributed by atoms with Gasteiger partial charge in [0.2, 0.25) is 11.7 Å². The fourth-order valence-electron chi connectivity index (χ4n) is 3.40. The maximum atomic E-state index is 12.8. The minimum atomic E-state index is -4.38. The molecule has 4 rings (SSSR count). The van der Waals surface area contributed by atoms with Gasteiger partial charge in [-0.05, 0) is 43.2 Å². The third-order valence-electron chi connectivity index (χ3n) is 5.20. The van der Waals surface area contributed by atoms with Crippen LogP contribution >= 0.6 is 0 Å². The predicted molar refractivity (Wildman–Crippen MR) is 107 cm³/mol. The molecule has 1 heterocycles. The number of aromatic nitrogens is 2. The molecule has 0 spiro atoms. The molecule has 1 aromatic heterocycles. The van der Waals surface area contributed by atoms with Crippen LogP contribution in [0.3, 0.4) is 0 Å². The Bertz CT molecular complexity index is 1030. The van der Waals surface area contributed by atoms with Crippen LogP contribution in [0.25, 0.3) is 11.4 Å². The van der Waals surface area contributed by atoms with E-state index in [-0.39, 0.29) is 5.82 Å². The van der Waals surface area contributed by atoms with Crippen LogP contribution < -0.4 is 9.47 Å². The molecule has 1 aliphatic rings. The number of methoxy groups -OCH3 is 2. The zero-order valence-corrected chi connectivity index (χ0v) is 17.1. The highest BCUT2D eigenvalue weighted by Crippen LogP contribution is 2.33. The van der Waals surface area contributed by atoms with Crippen molar-refractivity contribution in [2.24, 2.45) is 0 Å². The topological polar surface area (TPSA) is 60.6 Å². The molecule has 0 N–H and O–H groups in total. The summed E-state index contributed by atoms with van der Waals surface area (Å²) >= 11 is 0. The van der Waals surface area contributed by atoms with Gasteiger partial charge in [0, 0.05) is 23.7 Å². The van der Waals surface area contributed by atoms with Gasteiger partial charge in [-0.2, -0.15) is 18.2 Å². The molecule has 0 aliphatic heterocycles. The number of hydrogen-bond acceptors (Lipinski definition) is 6. The SMILES string of the molecule is COc1ccc(OC)c(CN(Cc2nc(-c3ccc(C(F)(F)F)cc3)no2)C2CC2)c1. The van der Waals surface area contributed by atoms with E-state index in [2.05, 4.69) is 15.0 Å². The highest BCUT2D eigenvalue weighted by molar-refractivity contribution is 5.54. The first-order chi connectivity index (χ1) is 14.9. The van der Waals surface area contributed by atoms with Gasteiger partial charge in [0.05, 0.1) is 26.3 Å². The first-order valence-corrected chi connectivity index (χ1v) is 9.82. The number of benzene rings is 2. The van der Waals surface area contributed by atoms with E-state index < -0.39 is 11.7 Å². The molecule has 2 aromatic carbocycles. The lowest BCUT2D eigenvalue weighted by Gasteiger charge is -2.21. The van der Waals surface area contributed by atoms with Crippen LogP contribution in [-0.2, 0) is 19.3 Å². The van der Waals surface area contributed by atoms with Crippen LogP contribution in [0.5, 0.6) is 11.5 Å². The van der Waals surface area contributed by atoms with Crippen molar-refractivity contribution >= 4 is 0 Å². The second kappa shape index (κ2) is 8.58. The molecule has 0 atom stereocenters. The van der Waals surface area contributed by atoms with Gasteiger partial charge in [-0.25, -0.2) is 0 Å². The van der Waals surface area contributed by atoms with Crippen molar-refractivity contribution in [3.8, 4) is 22.9 Å². The van der Waals surface area contributed by atoms with E-state index in [1.807, 2.05) is 18.2 Å². The van der Waals surface area contributed by atoms with Gasteiger partial charge in [-0.1, -0.05) is 17.3 Å². The molecular weight excluding hydrogens is 411 g/mol. The Kier molecular flexibility index (Phi) is 5.86. The summed E-state index contributed by atoms with van der Waals surface area (Å²) in [6.07, 6.45) is -2.23. The standard InChI is InChI=1S/C22H22F3N3O3/c1-29-18-9-10-19(30-2)15(11-18)12-28(17-7-8-17)13-20-26-21(27-31-20)14-3-5-16(6-4-14)22(23,24)25/h3-6,9-11,17H,7-8,12-13H2,1-2H3. The summed E-state index contributed by atoms with van der Waals surface area (Å²) in [4.78, 5) is 6.61. The summed E-state index contributed by atoms with van der Waals surface area (Å²) in [6, 6.07) is 10.8.